The standard InChI is InChI=1S/C19H14N2O2/c1-22-15-9-6-14(7-10-15)18-12-20-19(23-18)17-11-8-13-4-2-3-5-16(13)21-17/h2-12H,1H3. The number of oxazole rings is 1. The fourth-order valence-electron chi connectivity index (χ4n) is 2.47. The Hall–Kier alpha value is -3.14. The highest BCUT2D eigenvalue weighted by Crippen LogP contribution is 2.27. The zero-order chi connectivity index (χ0) is 15.6. The molecule has 2 aromatic carbocycles. The maximum absolute atomic E-state index is 5.86. The summed E-state index contributed by atoms with van der Waals surface area (Å²) < 4.78 is 11.0. The maximum Gasteiger partial charge on any atom is 0.245 e. The molecule has 0 saturated carbocycles. The molecule has 4 heteroatoms. The molecule has 0 unspecified atom stereocenters. The summed E-state index contributed by atoms with van der Waals surface area (Å²) in [5.74, 6) is 2.03. The fourth-order valence-corrected chi connectivity index (χ4v) is 2.47. The second-order valence-corrected chi connectivity index (χ2v) is 5.15. The number of benzene rings is 2. The molecule has 23 heavy (non-hydrogen) atoms. The number of pyridine rings is 1. The molecule has 4 aromatic rings. The number of ether oxygens (including phenoxy) is 1. The van der Waals surface area contributed by atoms with Crippen LogP contribution >= 0.6 is 0 Å². The Kier molecular flexibility index (Phi) is 3.27. The molecule has 0 amide bonds. The lowest BCUT2D eigenvalue weighted by Crippen LogP contribution is -1.84. The van der Waals surface area contributed by atoms with E-state index < -0.39 is 0 Å². The van der Waals surface area contributed by atoms with Crippen molar-refractivity contribution < 1.29 is 9.15 Å². The number of rotatable bonds is 3. The molecule has 0 aliphatic heterocycles. The predicted octanol–water partition coefficient (Wildman–Crippen LogP) is 4.57. The van der Waals surface area contributed by atoms with Crippen LogP contribution < -0.4 is 4.74 Å². The van der Waals surface area contributed by atoms with Crippen molar-refractivity contribution in [2.45, 2.75) is 0 Å². The first-order valence-corrected chi connectivity index (χ1v) is 7.30. The third-order valence-corrected chi connectivity index (χ3v) is 3.70. The molecule has 0 saturated heterocycles. The molecule has 2 aromatic heterocycles. The van der Waals surface area contributed by atoms with Gasteiger partial charge in [0.2, 0.25) is 5.89 Å². The zero-order valence-corrected chi connectivity index (χ0v) is 12.6. The van der Waals surface area contributed by atoms with Gasteiger partial charge in [-0.3, -0.25) is 0 Å². The number of aromatic nitrogens is 2. The second-order valence-electron chi connectivity index (χ2n) is 5.15. The number of nitrogens with zero attached hydrogens (tertiary/aromatic N) is 2. The molecule has 4 nitrogen and oxygen atoms in total. The average Bonchev–Trinajstić information content (AvgIpc) is 3.11. The third-order valence-electron chi connectivity index (χ3n) is 3.70. The number of methoxy groups -OCH3 is 1. The van der Waals surface area contributed by atoms with Crippen LogP contribution in [0.3, 0.4) is 0 Å². The summed E-state index contributed by atoms with van der Waals surface area (Å²) in [6.45, 7) is 0. The van der Waals surface area contributed by atoms with E-state index in [0.29, 0.717) is 11.7 Å². The molecule has 0 atom stereocenters. The Bertz CT molecular complexity index is 958. The minimum Gasteiger partial charge on any atom is -0.497 e. The minimum absolute atomic E-state index is 0.515. The second kappa shape index (κ2) is 5.57. The summed E-state index contributed by atoms with van der Waals surface area (Å²) in [6, 6.07) is 19.6. The molecule has 0 aliphatic rings. The molecule has 0 spiro atoms. The van der Waals surface area contributed by atoms with Crippen molar-refractivity contribution in [1.29, 1.82) is 0 Å². The van der Waals surface area contributed by atoms with Gasteiger partial charge in [-0.25, -0.2) is 9.97 Å². The van der Waals surface area contributed by atoms with Crippen LogP contribution in [0.5, 0.6) is 5.75 Å². The van der Waals surface area contributed by atoms with Gasteiger partial charge in [-0.15, -0.1) is 0 Å². The van der Waals surface area contributed by atoms with Crippen LogP contribution in [0, 0.1) is 0 Å². The fraction of sp³-hybridized carbons (Fsp3) is 0.0526. The lowest BCUT2D eigenvalue weighted by molar-refractivity contribution is 0.415. The van der Waals surface area contributed by atoms with E-state index in [4.69, 9.17) is 9.15 Å². The van der Waals surface area contributed by atoms with E-state index in [2.05, 4.69) is 9.97 Å². The molecule has 0 fully saturated rings. The van der Waals surface area contributed by atoms with E-state index in [1.165, 1.54) is 0 Å². The minimum atomic E-state index is 0.515. The summed E-state index contributed by atoms with van der Waals surface area (Å²) in [7, 11) is 1.65. The molecule has 0 radical (unpaired) electrons. The van der Waals surface area contributed by atoms with Crippen molar-refractivity contribution in [3.63, 3.8) is 0 Å². The number of para-hydroxylation sites is 1. The van der Waals surface area contributed by atoms with Crippen LogP contribution in [0.15, 0.2) is 71.3 Å². The smallest absolute Gasteiger partial charge is 0.245 e. The predicted molar refractivity (Wildman–Crippen MR) is 89.2 cm³/mol. The first-order valence-electron chi connectivity index (χ1n) is 7.30. The van der Waals surface area contributed by atoms with E-state index in [1.807, 2.05) is 60.7 Å². The monoisotopic (exact) mass is 302 g/mol. The molecule has 4 rings (SSSR count). The van der Waals surface area contributed by atoms with Crippen molar-refractivity contribution in [2.75, 3.05) is 7.11 Å². The first kappa shape index (κ1) is 13.5. The number of hydrogen-bond donors (Lipinski definition) is 0. The Morgan fingerprint density at radius 1 is 0.913 bits per heavy atom. The van der Waals surface area contributed by atoms with Gasteiger partial charge in [0.15, 0.2) is 5.76 Å². The van der Waals surface area contributed by atoms with Crippen molar-refractivity contribution in [1.82, 2.24) is 9.97 Å². The molecule has 0 bridgehead atoms. The maximum atomic E-state index is 5.86. The molecule has 112 valence electrons. The van der Waals surface area contributed by atoms with Crippen LogP contribution in [0.4, 0.5) is 0 Å². The Morgan fingerprint density at radius 2 is 1.74 bits per heavy atom. The van der Waals surface area contributed by atoms with Gasteiger partial charge in [-0.1, -0.05) is 24.3 Å². The van der Waals surface area contributed by atoms with Gasteiger partial charge in [0.25, 0.3) is 0 Å². The average molecular weight is 302 g/mol. The van der Waals surface area contributed by atoms with Crippen molar-refractivity contribution >= 4 is 10.9 Å². The topological polar surface area (TPSA) is 48.2 Å². The lowest BCUT2D eigenvalue weighted by atomic mass is 10.2. The zero-order valence-electron chi connectivity index (χ0n) is 12.6. The highest BCUT2D eigenvalue weighted by molar-refractivity contribution is 5.80. The Labute approximate surface area is 133 Å². The van der Waals surface area contributed by atoms with Crippen LogP contribution in [0.2, 0.25) is 0 Å². The quantitative estimate of drug-likeness (QED) is 0.556. The normalized spacial score (nSPS) is 10.8. The van der Waals surface area contributed by atoms with Gasteiger partial charge >= 0.3 is 0 Å². The summed E-state index contributed by atoms with van der Waals surface area (Å²) in [6.07, 6.45) is 1.72. The van der Waals surface area contributed by atoms with E-state index >= 15 is 0 Å². The Morgan fingerprint density at radius 3 is 2.57 bits per heavy atom. The number of hydrogen-bond acceptors (Lipinski definition) is 4. The highest BCUT2D eigenvalue weighted by Gasteiger charge is 2.10. The van der Waals surface area contributed by atoms with Crippen LogP contribution in [0.25, 0.3) is 33.8 Å². The third kappa shape index (κ3) is 2.55. The molecule has 0 aliphatic carbocycles. The Balaban J connectivity index is 1.70. The van der Waals surface area contributed by atoms with Crippen LogP contribution in [0.1, 0.15) is 0 Å². The summed E-state index contributed by atoms with van der Waals surface area (Å²) in [5.41, 5.74) is 2.60. The van der Waals surface area contributed by atoms with Gasteiger partial charge < -0.3 is 9.15 Å². The summed E-state index contributed by atoms with van der Waals surface area (Å²) in [5, 5.41) is 1.10. The van der Waals surface area contributed by atoms with Gasteiger partial charge in [-0.2, -0.15) is 0 Å². The van der Waals surface area contributed by atoms with Gasteiger partial charge in [0.05, 0.1) is 18.8 Å². The van der Waals surface area contributed by atoms with Crippen molar-refractivity contribution in [2.24, 2.45) is 0 Å². The van der Waals surface area contributed by atoms with Gasteiger partial charge in [0.1, 0.15) is 11.4 Å². The highest BCUT2D eigenvalue weighted by atomic mass is 16.5. The number of fused-ring (bicyclic) bond motifs is 1. The van der Waals surface area contributed by atoms with Crippen molar-refractivity contribution in [3.05, 3.63) is 66.9 Å². The first-order chi connectivity index (χ1) is 11.3. The van der Waals surface area contributed by atoms with Crippen molar-refractivity contribution in [3.8, 4) is 28.7 Å². The summed E-state index contributed by atoms with van der Waals surface area (Å²) in [4.78, 5) is 8.96. The van der Waals surface area contributed by atoms with E-state index in [-0.39, 0.29) is 0 Å². The molecule has 0 N–H and O–H groups in total. The summed E-state index contributed by atoms with van der Waals surface area (Å²) >= 11 is 0. The lowest BCUT2D eigenvalue weighted by Gasteiger charge is -2.01. The van der Waals surface area contributed by atoms with E-state index in [0.717, 1.165) is 27.9 Å². The molecule has 2 heterocycles. The van der Waals surface area contributed by atoms with E-state index in [9.17, 15) is 0 Å². The van der Waals surface area contributed by atoms with Crippen LogP contribution in [-0.2, 0) is 0 Å². The van der Waals surface area contributed by atoms with Gasteiger partial charge in [-0.05, 0) is 36.4 Å². The van der Waals surface area contributed by atoms with Crippen LogP contribution in [-0.4, -0.2) is 17.1 Å². The largest absolute Gasteiger partial charge is 0.497 e. The van der Waals surface area contributed by atoms with Gasteiger partial charge in [0, 0.05) is 10.9 Å². The van der Waals surface area contributed by atoms with E-state index in [1.54, 1.807) is 13.3 Å². The molecular weight excluding hydrogens is 288 g/mol. The molecular formula is C19H14N2O2. The SMILES string of the molecule is COc1ccc(-c2cnc(-c3ccc4ccccc4n3)o2)cc1.